The SMILES string of the molecule is CCCC(=O)N1CCC[C@@H](NC)C1. The number of rotatable bonds is 3. The molecule has 0 aromatic heterocycles. The molecule has 3 nitrogen and oxygen atoms in total. The van der Waals surface area contributed by atoms with E-state index in [9.17, 15) is 4.79 Å². The molecule has 1 amide bonds. The number of carbonyl (C=O) groups is 1. The molecule has 0 unspecified atom stereocenters. The summed E-state index contributed by atoms with van der Waals surface area (Å²) in [6.45, 7) is 3.91. The van der Waals surface area contributed by atoms with Crippen LogP contribution in [0.15, 0.2) is 0 Å². The Balaban J connectivity index is 2.37. The van der Waals surface area contributed by atoms with Crippen molar-refractivity contribution in [3.8, 4) is 0 Å². The zero-order chi connectivity index (χ0) is 9.68. The van der Waals surface area contributed by atoms with Gasteiger partial charge in [0, 0.05) is 25.6 Å². The van der Waals surface area contributed by atoms with Gasteiger partial charge in [-0.15, -0.1) is 0 Å². The molecule has 1 atom stereocenters. The largest absolute Gasteiger partial charge is 0.341 e. The third-order valence-corrected chi connectivity index (χ3v) is 2.65. The van der Waals surface area contributed by atoms with Gasteiger partial charge in [-0.25, -0.2) is 0 Å². The van der Waals surface area contributed by atoms with Crippen LogP contribution in [-0.4, -0.2) is 37.0 Å². The molecule has 1 N–H and O–H groups in total. The van der Waals surface area contributed by atoms with Crippen LogP contribution in [0.2, 0.25) is 0 Å². The van der Waals surface area contributed by atoms with Crippen LogP contribution in [0.25, 0.3) is 0 Å². The van der Waals surface area contributed by atoms with Crippen molar-refractivity contribution in [1.82, 2.24) is 10.2 Å². The van der Waals surface area contributed by atoms with Crippen LogP contribution in [0.5, 0.6) is 0 Å². The Morgan fingerprint density at radius 2 is 2.38 bits per heavy atom. The van der Waals surface area contributed by atoms with Gasteiger partial charge in [-0.2, -0.15) is 0 Å². The van der Waals surface area contributed by atoms with Gasteiger partial charge in [0.2, 0.25) is 5.91 Å². The minimum absolute atomic E-state index is 0.322. The summed E-state index contributed by atoms with van der Waals surface area (Å²) < 4.78 is 0. The fourth-order valence-electron chi connectivity index (χ4n) is 1.81. The maximum atomic E-state index is 11.6. The lowest BCUT2D eigenvalue weighted by Gasteiger charge is -2.32. The van der Waals surface area contributed by atoms with E-state index in [2.05, 4.69) is 12.2 Å². The first-order valence-corrected chi connectivity index (χ1v) is 5.23. The van der Waals surface area contributed by atoms with Crippen molar-refractivity contribution in [2.45, 2.75) is 38.6 Å². The van der Waals surface area contributed by atoms with Gasteiger partial charge < -0.3 is 10.2 Å². The smallest absolute Gasteiger partial charge is 0.222 e. The first kappa shape index (κ1) is 10.5. The van der Waals surface area contributed by atoms with Gasteiger partial charge in [-0.3, -0.25) is 4.79 Å². The lowest BCUT2D eigenvalue weighted by Crippen LogP contribution is -2.46. The lowest BCUT2D eigenvalue weighted by molar-refractivity contribution is -0.132. The van der Waals surface area contributed by atoms with E-state index in [1.54, 1.807) is 0 Å². The predicted octanol–water partition coefficient (Wildman–Crippen LogP) is 0.997. The average Bonchev–Trinajstić information content (AvgIpc) is 2.18. The third kappa shape index (κ3) is 2.99. The lowest BCUT2D eigenvalue weighted by atomic mass is 10.1. The van der Waals surface area contributed by atoms with Gasteiger partial charge in [0.25, 0.3) is 0 Å². The zero-order valence-corrected chi connectivity index (χ0v) is 8.68. The fraction of sp³-hybridized carbons (Fsp3) is 0.900. The summed E-state index contributed by atoms with van der Waals surface area (Å²) in [6.07, 6.45) is 4.00. The van der Waals surface area contributed by atoms with Crippen molar-refractivity contribution in [1.29, 1.82) is 0 Å². The number of piperidine rings is 1. The van der Waals surface area contributed by atoms with Gasteiger partial charge in [0.05, 0.1) is 0 Å². The van der Waals surface area contributed by atoms with E-state index in [4.69, 9.17) is 0 Å². The molecule has 1 fully saturated rings. The topological polar surface area (TPSA) is 32.3 Å². The van der Waals surface area contributed by atoms with Gasteiger partial charge in [-0.1, -0.05) is 6.92 Å². The molecule has 3 heteroatoms. The maximum Gasteiger partial charge on any atom is 0.222 e. The molecule has 0 saturated carbocycles. The van der Waals surface area contributed by atoms with Crippen molar-refractivity contribution in [2.24, 2.45) is 0 Å². The molecule has 0 aromatic rings. The molecule has 13 heavy (non-hydrogen) atoms. The molecule has 1 heterocycles. The fourth-order valence-corrected chi connectivity index (χ4v) is 1.81. The van der Waals surface area contributed by atoms with Gasteiger partial charge >= 0.3 is 0 Å². The molecule has 0 spiro atoms. The van der Waals surface area contributed by atoms with Crippen LogP contribution in [0.3, 0.4) is 0 Å². The number of likely N-dealkylation sites (N-methyl/N-ethyl adjacent to an activating group) is 1. The second-order valence-electron chi connectivity index (χ2n) is 3.72. The Bertz CT molecular complexity index is 170. The highest BCUT2D eigenvalue weighted by atomic mass is 16.2. The molecular formula is C10H20N2O. The van der Waals surface area contributed by atoms with Gasteiger partial charge in [-0.05, 0) is 26.3 Å². The van der Waals surface area contributed by atoms with Crippen LogP contribution in [0.4, 0.5) is 0 Å². The standard InChI is InChI=1S/C10H20N2O/c1-3-5-10(13)12-7-4-6-9(8-12)11-2/h9,11H,3-8H2,1-2H3/t9-/m1/s1. The highest BCUT2D eigenvalue weighted by molar-refractivity contribution is 5.76. The normalized spacial score (nSPS) is 23.2. The number of amides is 1. The maximum absolute atomic E-state index is 11.6. The van der Waals surface area contributed by atoms with E-state index < -0.39 is 0 Å². The summed E-state index contributed by atoms with van der Waals surface area (Å²) in [6, 6.07) is 0.509. The van der Waals surface area contributed by atoms with Crippen LogP contribution in [-0.2, 0) is 4.79 Å². The Morgan fingerprint density at radius 3 is 3.00 bits per heavy atom. The van der Waals surface area contributed by atoms with Crippen molar-refractivity contribution >= 4 is 5.91 Å². The molecule has 0 aromatic carbocycles. The van der Waals surface area contributed by atoms with Crippen molar-refractivity contribution in [3.05, 3.63) is 0 Å². The first-order chi connectivity index (χ1) is 6.27. The minimum Gasteiger partial charge on any atom is -0.341 e. The second-order valence-corrected chi connectivity index (χ2v) is 3.72. The van der Waals surface area contributed by atoms with Crippen LogP contribution in [0, 0.1) is 0 Å². The van der Waals surface area contributed by atoms with Crippen LogP contribution >= 0.6 is 0 Å². The van der Waals surface area contributed by atoms with Crippen molar-refractivity contribution in [3.63, 3.8) is 0 Å². The van der Waals surface area contributed by atoms with E-state index >= 15 is 0 Å². The molecule has 1 rings (SSSR count). The number of hydrogen-bond donors (Lipinski definition) is 1. The zero-order valence-electron chi connectivity index (χ0n) is 8.68. The van der Waals surface area contributed by atoms with E-state index in [-0.39, 0.29) is 0 Å². The van der Waals surface area contributed by atoms with Crippen molar-refractivity contribution < 1.29 is 4.79 Å². The van der Waals surface area contributed by atoms with Crippen LogP contribution < -0.4 is 5.32 Å². The van der Waals surface area contributed by atoms with E-state index in [0.29, 0.717) is 18.4 Å². The predicted molar refractivity (Wildman–Crippen MR) is 53.6 cm³/mol. The van der Waals surface area contributed by atoms with E-state index in [1.165, 1.54) is 6.42 Å². The summed E-state index contributed by atoms with van der Waals surface area (Å²) in [5.74, 6) is 0.322. The number of carbonyl (C=O) groups excluding carboxylic acids is 1. The summed E-state index contributed by atoms with van der Waals surface area (Å²) in [5.41, 5.74) is 0. The Kier molecular flexibility index (Phi) is 4.22. The number of nitrogens with one attached hydrogen (secondary N) is 1. The third-order valence-electron chi connectivity index (χ3n) is 2.65. The highest BCUT2D eigenvalue weighted by Crippen LogP contribution is 2.11. The van der Waals surface area contributed by atoms with Crippen LogP contribution in [0.1, 0.15) is 32.6 Å². The minimum atomic E-state index is 0.322. The first-order valence-electron chi connectivity index (χ1n) is 5.23. The molecule has 1 aliphatic heterocycles. The van der Waals surface area contributed by atoms with E-state index in [1.807, 2.05) is 11.9 Å². The number of nitrogens with zero attached hydrogens (tertiary/aromatic N) is 1. The molecule has 1 saturated heterocycles. The molecule has 0 radical (unpaired) electrons. The summed E-state index contributed by atoms with van der Waals surface area (Å²) in [5, 5.41) is 3.24. The number of hydrogen-bond acceptors (Lipinski definition) is 2. The molecule has 1 aliphatic rings. The second kappa shape index (κ2) is 5.22. The Hall–Kier alpha value is -0.570. The Labute approximate surface area is 80.5 Å². The monoisotopic (exact) mass is 184 g/mol. The molecule has 0 aliphatic carbocycles. The van der Waals surface area contributed by atoms with Crippen molar-refractivity contribution in [2.75, 3.05) is 20.1 Å². The summed E-state index contributed by atoms with van der Waals surface area (Å²) in [4.78, 5) is 13.6. The Morgan fingerprint density at radius 1 is 1.62 bits per heavy atom. The van der Waals surface area contributed by atoms with E-state index in [0.717, 1.165) is 25.9 Å². The molecular weight excluding hydrogens is 164 g/mol. The quantitative estimate of drug-likeness (QED) is 0.709. The van der Waals surface area contributed by atoms with Gasteiger partial charge in [0.15, 0.2) is 0 Å². The summed E-state index contributed by atoms with van der Waals surface area (Å²) >= 11 is 0. The average molecular weight is 184 g/mol. The summed E-state index contributed by atoms with van der Waals surface area (Å²) in [7, 11) is 1.97. The number of likely N-dealkylation sites (tertiary alicyclic amines) is 1. The molecule has 76 valence electrons. The molecule has 0 bridgehead atoms. The highest BCUT2D eigenvalue weighted by Gasteiger charge is 2.21. The van der Waals surface area contributed by atoms with Gasteiger partial charge in [0.1, 0.15) is 0 Å².